The summed E-state index contributed by atoms with van der Waals surface area (Å²) in [6.45, 7) is 4.05. The molecule has 3 nitrogen and oxygen atoms in total. The number of hydrogen-bond donors (Lipinski definition) is 2. The van der Waals surface area contributed by atoms with E-state index in [-0.39, 0.29) is 12.7 Å². The summed E-state index contributed by atoms with van der Waals surface area (Å²) in [5.74, 6) is 0.821. The first-order chi connectivity index (χ1) is 5.65. The van der Waals surface area contributed by atoms with E-state index in [0.717, 1.165) is 19.5 Å². The van der Waals surface area contributed by atoms with Gasteiger partial charge in [0.1, 0.15) is 0 Å². The van der Waals surface area contributed by atoms with Gasteiger partial charge in [0.2, 0.25) is 0 Å². The molecule has 1 aliphatic heterocycles. The summed E-state index contributed by atoms with van der Waals surface area (Å²) in [4.78, 5) is 2.22. The molecular weight excluding hydrogens is 154 g/mol. The fourth-order valence-electron chi connectivity index (χ4n) is 2.14. The smallest absolute Gasteiger partial charge is 0.0555 e. The summed E-state index contributed by atoms with van der Waals surface area (Å²) < 4.78 is 0. The lowest BCUT2D eigenvalue weighted by atomic mass is 9.89. The van der Waals surface area contributed by atoms with Gasteiger partial charge in [0.25, 0.3) is 0 Å². The third kappa shape index (κ3) is 2.19. The normalized spacial score (nSPS) is 34.0. The van der Waals surface area contributed by atoms with Gasteiger partial charge >= 0.3 is 0 Å². The quantitative estimate of drug-likeness (QED) is 0.628. The van der Waals surface area contributed by atoms with Crippen LogP contribution in [0.3, 0.4) is 0 Å². The predicted molar refractivity (Wildman–Crippen MR) is 47.9 cm³/mol. The van der Waals surface area contributed by atoms with Crippen LogP contribution in [0.15, 0.2) is 0 Å². The third-order valence-corrected chi connectivity index (χ3v) is 2.79. The number of rotatable bonds is 3. The molecule has 0 aliphatic carbocycles. The molecule has 1 aliphatic rings. The predicted octanol–water partition coefficient (Wildman–Crippen LogP) is -0.0726. The molecule has 0 bridgehead atoms. The van der Waals surface area contributed by atoms with Crippen LogP contribution in [0.2, 0.25) is 0 Å². The van der Waals surface area contributed by atoms with Crippen molar-refractivity contribution in [3.8, 4) is 0 Å². The molecular formula is C9H19NO2. The van der Waals surface area contributed by atoms with Gasteiger partial charge < -0.3 is 15.1 Å². The largest absolute Gasteiger partial charge is 0.396 e. The highest BCUT2D eigenvalue weighted by atomic mass is 16.3. The summed E-state index contributed by atoms with van der Waals surface area (Å²) >= 11 is 0. The van der Waals surface area contributed by atoms with Crippen molar-refractivity contribution in [3.63, 3.8) is 0 Å². The fraction of sp³-hybridized carbons (Fsp3) is 1.00. The molecule has 1 heterocycles. The van der Waals surface area contributed by atoms with E-state index < -0.39 is 0 Å². The van der Waals surface area contributed by atoms with Crippen molar-refractivity contribution in [2.75, 3.05) is 26.7 Å². The minimum Gasteiger partial charge on any atom is -0.396 e. The summed E-state index contributed by atoms with van der Waals surface area (Å²) in [7, 11) is 2.06. The zero-order valence-corrected chi connectivity index (χ0v) is 7.90. The Balaban J connectivity index is 2.47. The van der Waals surface area contributed by atoms with E-state index in [1.165, 1.54) is 0 Å². The van der Waals surface area contributed by atoms with Crippen LogP contribution in [0.25, 0.3) is 0 Å². The van der Waals surface area contributed by atoms with E-state index in [4.69, 9.17) is 5.11 Å². The van der Waals surface area contributed by atoms with Crippen LogP contribution in [0.4, 0.5) is 0 Å². The Labute approximate surface area is 74.0 Å². The molecule has 72 valence electrons. The van der Waals surface area contributed by atoms with Crippen molar-refractivity contribution in [2.24, 2.45) is 11.8 Å². The Kier molecular flexibility index (Phi) is 3.50. The Hall–Kier alpha value is -0.120. The first-order valence-corrected chi connectivity index (χ1v) is 4.62. The summed E-state index contributed by atoms with van der Waals surface area (Å²) in [6, 6.07) is 0. The van der Waals surface area contributed by atoms with Gasteiger partial charge in [-0.25, -0.2) is 0 Å². The van der Waals surface area contributed by atoms with E-state index in [0.29, 0.717) is 11.8 Å². The minimum atomic E-state index is -0.244. The van der Waals surface area contributed by atoms with Crippen molar-refractivity contribution in [1.82, 2.24) is 4.90 Å². The molecule has 0 saturated carbocycles. The second-order valence-corrected chi connectivity index (χ2v) is 3.90. The number of aliphatic hydroxyl groups is 2. The summed E-state index contributed by atoms with van der Waals surface area (Å²) in [5, 5.41) is 18.3. The third-order valence-electron chi connectivity index (χ3n) is 2.79. The molecule has 3 heteroatoms. The lowest BCUT2D eigenvalue weighted by Gasteiger charge is -2.19. The zero-order valence-electron chi connectivity index (χ0n) is 7.90. The Bertz CT molecular complexity index is 138. The lowest BCUT2D eigenvalue weighted by Crippen LogP contribution is -2.25. The van der Waals surface area contributed by atoms with E-state index in [9.17, 15) is 5.11 Å². The Morgan fingerprint density at radius 1 is 1.50 bits per heavy atom. The molecule has 0 aromatic rings. The van der Waals surface area contributed by atoms with Crippen LogP contribution in [-0.4, -0.2) is 48.0 Å². The molecule has 0 aromatic heterocycles. The number of nitrogens with zero attached hydrogens (tertiary/aromatic N) is 1. The van der Waals surface area contributed by atoms with Crippen LogP contribution in [0, 0.1) is 11.8 Å². The first-order valence-electron chi connectivity index (χ1n) is 4.62. The maximum absolute atomic E-state index is 9.46. The lowest BCUT2D eigenvalue weighted by molar-refractivity contribution is 0.0997. The van der Waals surface area contributed by atoms with Gasteiger partial charge in [-0.2, -0.15) is 0 Å². The van der Waals surface area contributed by atoms with Crippen LogP contribution < -0.4 is 0 Å². The van der Waals surface area contributed by atoms with Gasteiger partial charge in [-0.05, 0) is 26.3 Å². The molecule has 1 fully saturated rings. The molecule has 0 spiro atoms. The minimum absolute atomic E-state index is 0.238. The average molecular weight is 173 g/mol. The van der Waals surface area contributed by atoms with E-state index in [1.807, 2.05) is 6.92 Å². The Morgan fingerprint density at radius 2 is 2.17 bits per heavy atom. The molecule has 0 radical (unpaired) electrons. The second-order valence-electron chi connectivity index (χ2n) is 3.90. The molecule has 12 heavy (non-hydrogen) atoms. The summed E-state index contributed by atoms with van der Waals surface area (Å²) in [5.41, 5.74) is 0. The second kappa shape index (κ2) is 4.21. The Morgan fingerprint density at radius 3 is 2.67 bits per heavy atom. The standard InChI is InChI=1S/C9H19NO2/c1-7(12)9-6-10(2)5-8(9)3-4-11/h7-9,11-12H,3-6H2,1-2H3. The SMILES string of the molecule is CC(O)C1CN(C)CC1CCO. The fourth-order valence-corrected chi connectivity index (χ4v) is 2.14. The highest BCUT2D eigenvalue weighted by Gasteiger charge is 2.33. The van der Waals surface area contributed by atoms with Crippen LogP contribution >= 0.6 is 0 Å². The topological polar surface area (TPSA) is 43.7 Å². The molecule has 3 unspecified atom stereocenters. The number of likely N-dealkylation sites (tertiary alicyclic amines) is 1. The summed E-state index contributed by atoms with van der Waals surface area (Å²) in [6.07, 6.45) is 0.575. The van der Waals surface area contributed by atoms with Gasteiger partial charge in [0.05, 0.1) is 6.10 Å². The molecule has 3 atom stereocenters. The van der Waals surface area contributed by atoms with Crippen molar-refractivity contribution < 1.29 is 10.2 Å². The van der Waals surface area contributed by atoms with Crippen molar-refractivity contribution in [3.05, 3.63) is 0 Å². The van der Waals surface area contributed by atoms with Crippen molar-refractivity contribution >= 4 is 0 Å². The van der Waals surface area contributed by atoms with Gasteiger partial charge in [-0.1, -0.05) is 0 Å². The van der Waals surface area contributed by atoms with E-state index in [2.05, 4.69) is 11.9 Å². The maximum Gasteiger partial charge on any atom is 0.0555 e. The highest BCUT2D eigenvalue weighted by molar-refractivity contribution is 4.84. The average Bonchev–Trinajstić information content (AvgIpc) is 2.32. The first kappa shape index (κ1) is 9.96. The van der Waals surface area contributed by atoms with Gasteiger partial charge in [0, 0.05) is 25.6 Å². The van der Waals surface area contributed by atoms with Crippen LogP contribution in [0.1, 0.15) is 13.3 Å². The molecule has 2 N–H and O–H groups in total. The van der Waals surface area contributed by atoms with E-state index in [1.54, 1.807) is 0 Å². The highest BCUT2D eigenvalue weighted by Crippen LogP contribution is 2.27. The van der Waals surface area contributed by atoms with E-state index >= 15 is 0 Å². The van der Waals surface area contributed by atoms with Gasteiger partial charge in [-0.3, -0.25) is 0 Å². The molecule has 0 aromatic carbocycles. The number of hydrogen-bond acceptors (Lipinski definition) is 3. The van der Waals surface area contributed by atoms with Crippen LogP contribution in [0.5, 0.6) is 0 Å². The monoisotopic (exact) mass is 173 g/mol. The zero-order chi connectivity index (χ0) is 9.14. The molecule has 1 rings (SSSR count). The maximum atomic E-state index is 9.46. The van der Waals surface area contributed by atoms with Gasteiger partial charge in [0.15, 0.2) is 0 Å². The van der Waals surface area contributed by atoms with Crippen LogP contribution in [-0.2, 0) is 0 Å². The van der Waals surface area contributed by atoms with Crippen molar-refractivity contribution in [1.29, 1.82) is 0 Å². The van der Waals surface area contributed by atoms with Crippen molar-refractivity contribution in [2.45, 2.75) is 19.4 Å². The molecule has 0 amide bonds. The van der Waals surface area contributed by atoms with Gasteiger partial charge in [-0.15, -0.1) is 0 Å². The molecule has 1 saturated heterocycles. The number of aliphatic hydroxyl groups excluding tert-OH is 2.